The van der Waals surface area contributed by atoms with Crippen LogP contribution in [0.3, 0.4) is 0 Å². The van der Waals surface area contributed by atoms with Crippen molar-refractivity contribution in [2.75, 3.05) is 11.9 Å². The number of carbonyl (C=O) groups is 2. The molecule has 0 saturated carbocycles. The highest BCUT2D eigenvalue weighted by Gasteiger charge is 2.17. The first-order valence-corrected chi connectivity index (χ1v) is 7.43. The van der Waals surface area contributed by atoms with Crippen molar-refractivity contribution in [2.45, 2.75) is 13.0 Å². The van der Waals surface area contributed by atoms with Crippen LogP contribution in [0.15, 0.2) is 48.5 Å². The number of rotatable bonds is 5. The van der Waals surface area contributed by atoms with Crippen LogP contribution in [0.4, 0.5) is 5.69 Å². The fourth-order valence-electron chi connectivity index (χ4n) is 2.14. The summed E-state index contributed by atoms with van der Waals surface area (Å²) in [6, 6.07) is 13.3. The first-order chi connectivity index (χ1) is 11.0. The third kappa shape index (κ3) is 4.55. The van der Waals surface area contributed by atoms with Crippen molar-refractivity contribution < 1.29 is 14.7 Å². The lowest BCUT2D eigenvalue weighted by atomic mass is 10.1. The van der Waals surface area contributed by atoms with E-state index in [1.807, 2.05) is 30.3 Å². The average molecular weight is 333 g/mol. The van der Waals surface area contributed by atoms with E-state index in [1.165, 1.54) is 19.1 Å². The number of carbonyl (C=O) groups excluding carboxylic acids is 2. The highest BCUT2D eigenvalue weighted by Crippen LogP contribution is 2.22. The summed E-state index contributed by atoms with van der Waals surface area (Å²) in [7, 11) is 0. The normalized spacial score (nSPS) is 11.6. The van der Waals surface area contributed by atoms with Crippen molar-refractivity contribution >= 4 is 29.1 Å². The highest BCUT2D eigenvalue weighted by atomic mass is 35.5. The molecule has 120 valence electrons. The van der Waals surface area contributed by atoms with Crippen LogP contribution in [-0.2, 0) is 4.79 Å². The molecule has 0 spiro atoms. The molecule has 0 unspecified atom stereocenters. The number of benzene rings is 2. The van der Waals surface area contributed by atoms with Gasteiger partial charge in [-0.3, -0.25) is 9.59 Å². The van der Waals surface area contributed by atoms with Crippen molar-refractivity contribution in [3.63, 3.8) is 0 Å². The van der Waals surface area contributed by atoms with E-state index in [0.29, 0.717) is 5.69 Å². The lowest BCUT2D eigenvalue weighted by molar-refractivity contribution is -0.114. The second-order valence-corrected chi connectivity index (χ2v) is 5.40. The number of aliphatic hydroxyl groups is 1. The third-order valence-corrected chi connectivity index (χ3v) is 3.55. The van der Waals surface area contributed by atoms with Gasteiger partial charge in [0, 0.05) is 12.6 Å². The molecule has 5 nitrogen and oxygen atoms in total. The first-order valence-electron chi connectivity index (χ1n) is 7.05. The molecule has 2 amide bonds. The highest BCUT2D eigenvalue weighted by molar-refractivity contribution is 6.34. The molecule has 0 aliphatic carbocycles. The Morgan fingerprint density at radius 2 is 1.87 bits per heavy atom. The standard InChI is InChI=1S/C17H17ClN2O3/c1-11(22)19-13-7-8-15(18)14(9-13)17(23)20-16(10-21)12-5-3-2-4-6-12/h2-9,16,21H,10H2,1H3,(H,19,22)(H,20,23)/t16-/m1/s1. The van der Waals surface area contributed by atoms with Crippen LogP contribution in [0, 0.1) is 0 Å². The molecule has 6 heteroatoms. The minimum absolute atomic E-state index is 0.229. The minimum Gasteiger partial charge on any atom is -0.394 e. The zero-order chi connectivity index (χ0) is 16.8. The molecule has 2 aromatic rings. The van der Waals surface area contributed by atoms with E-state index in [9.17, 15) is 14.7 Å². The van der Waals surface area contributed by atoms with Gasteiger partial charge in [0.25, 0.3) is 5.91 Å². The molecule has 23 heavy (non-hydrogen) atoms. The van der Waals surface area contributed by atoms with Gasteiger partial charge in [0.15, 0.2) is 0 Å². The van der Waals surface area contributed by atoms with Crippen molar-refractivity contribution in [3.05, 3.63) is 64.7 Å². The molecule has 0 bridgehead atoms. The number of anilines is 1. The van der Waals surface area contributed by atoms with E-state index in [-0.39, 0.29) is 23.1 Å². The monoisotopic (exact) mass is 332 g/mol. The van der Waals surface area contributed by atoms with Gasteiger partial charge >= 0.3 is 0 Å². The Morgan fingerprint density at radius 1 is 1.17 bits per heavy atom. The summed E-state index contributed by atoms with van der Waals surface area (Å²) in [5.74, 6) is -0.665. The smallest absolute Gasteiger partial charge is 0.253 e. The van der Waals surface area contributed by atoms with Crippen LogP contribution < -0.4 is 10.6 Å². The molecular formula is C17H17ClN2O3. The molecule has 2 aromatic carbocycles. The van der Waals surface area contributed by atoms with E-state index in [2.05, 4.69) is 10.6 Å². The number of hydrogen-bond acceptors (Lipinski definition) is 3. The van der Waals surface area contributed by atoms with Gasteiger partial charge in [-0.1, -0.05) is 41.9 Å². The first kappa shape index (κ1) is 17.0. The van der Waals surface area contributed by atoms with Gasteiger partial charge in [0.2, 0.25) is 5.91 Å². The summed E-state index contributed by atoms with van der Waals surface area (Å²) < 4.78 is 0. The molecule has 0 aliphatic rings. The number of amides is 2. The zero-order valence-electron chi connectivity index (χ0n) is 12.5. The van der Waals surface area contributed by atoms with Crippen LogP contribution in [-0.4, -0.2) is 23.5 Å². The van der Waals surface area contributed by atoms with Crippen LogP contribution in [0.25, 0.3) is 0 Å². The number of nitrogens with one attached hydrogen (secondary N) is 2. The third-order valence-electron chi connectivity index (χ3n) is 3.22. The van der Waals surface area contributed by atoms with Crippen LogP contribution in [0.2, 0.25) is 5.02 Å². The Kier molecular flexibility index (Phi) is 5.73. The maximum atomic E-state index is 12.4. The summed E-state index contributed by atoms with van der Waals surface area (Å²) in [6.07, 6.45) is 0. The summed E-state index contributed by atoms with van der Waals surface area (Å²) in [6.45, 7) is 1.14. The minimum atomic E-state index is -0.538. The van der Waals surface area contributed by atoms with Crippen molar-refractivity contribution in [1.82, 2.24) is 5.32 Å². The molecule has 0 heterocycles. The molecule has 0 saturated heterocycles. The Hall–Kier alpha value is -2.37. The fourth-order valence-corrected chi connectivity index (χ4v) is 2.34. The van der Waals surface area contributed by atoms with Crippen molar-refractivity contribution in [2.24, 2.45) is 0 Å². The van der Waals surface area contributed by atoms with Gasteiger partial charge in [0.05, 0.1) is 23.2 Å². The molecule has 0 fully saturated rings. The lowest BCUT2D eigenvalue weighted by Crippen LogP contribution is -2.31. The summed E-state index contributed by atoms with van der Waals surface area (Å²) in [5, 5.41) is 15.1. The van der Waals surface area contributed by atoms with E-state index >= 15 is 0 Å². The molecule has 0 radical (unpaired) electrons. The van der Waals surface area contributed by atoms with Gasteiger partial charge in [-0.15, -0.1) is 0 Å². The number of halogens is 1. The molecule has 3 N–H and O–H groups in total. The lowest BCUT2D eigenvalue weighted by Gasteiger charge is -2.17. The van der Waals surface area contributed by atoms with Crippen molar-refractivity contribution in [1.29, 1.82) is 0 Å². The van der Waals surface area contributed by atoms with Gasteiger partial charge < -0.3 is 15.7 Å². The predicted molar refractivity (Wildman–Crippen MR) is 89.5 cm³/mol. The molecule has 0 aliphatic heterocycles. The van der Waals surface area contributed by atoms with E-state index in [4.69, 9.17) is 11.6 Å². The average Bonchev–Trinajstić information content (AvgIpc) is 2.54. The quantitative estimate of drug-likeness (QED) is 0.787. The largest absolute Gasteiger partial charge is 0.394 e. The van der Waals surface area contributed by atoms with E-state index in [0.717, 1.165) is 5.56 Å². The maximum Gasteiger partial charge on any atom is 0.253 e. The molecular weight excluding hydrogens is 316 g/mol. The fraction of sp³-hybridized carbons (Fsp3) is 0.176. The topological polar surface area (TPSA) is 78.4 Å². The maximum absolute atomic E-state index is 12.4. The molecule has 0 aromatic heterocycles. The van der Waals surface area contributed by atoms with Crippen molar-refractivity contribution in [3.8, 4) is 0 Å². The van der Waals surface area contributed by atoms with Gasteiger partial charge in [0.1, 0.15) is 0 Å². The van der Waals surface area contributed by atoms with E-state index < -0.39 is 11.9 Å². The molecule has 1 atom stereocenters. The summed E-state index contributed by atoms with van der Waals surface area (Å²) in [5.41, 5.74) is 1.50. The van der Waals surface area contributed by atoms with Crippen LogP contribution in [0.1, 0.15) is 28.9 Å². The van der Waals surface area contributed by atoms with Gasteiger partial charge in [-0.25, -0.2) is 0 Å². The SMILES string of the molecule is CC(=O)Nc1ccc(Cl)c(C(=O)N[C@H](CO)c2ccccc2)c1. The Morgan fingerprint density at radius 3 is 2.48 bits per heavy atom. The van der Waals surface area contributed by atoms with Crippen LogP contribution >= 0.6 is 11.6 Å². The van der Waals surface area contributed by atoms with Gasteiger partial charge in [-0.2, -0.15) is 0 Å². The second-order valence-electron chi connectivity index (χ2n) is 5.00. The summed E-state index contributed by atoms with van der Waals surface area (Å²) >= 11 is 6.06. The number of hydrogen-bond donors (Lipinski definition) is 3. The van der Waals surface area contributed by atoms with Crippen LogP contribution in [0.5, 0.6) is 0 Å². The summed E-state index contributed by atoms with van der Waals surface area (Å²) in [4.78, 5) is 23.5. The van der Waals surface area contributed by atoms with E-state index in [1.54, 1.807) is 6.07 Å². The Balaban J connectivity index is 2.21. The Bertz CT molecular complexity index is 704. The van der Waals surface area contributed by atoms with Gasteiger partial charge in [-0.05, 0) is 23.8 Å². The Labute approximate surface area is 139 Å². The zero-order valence-corrected chi connectivity index (χ0v) is 13.3. The predicted octanol–water partition coefficient (Wildman–Crippen LogP) is 2.76. The molecule has 2 rings (SSSR count). The second kappa shape index (κ2) is 7.76. The number of aliphatic hydroxyl groups excluding tert-OH is 1.